The molecule has 2 unspecified atom stereocenters. The highest BCUT2D eigenvalue weighted by atomic mass is 32.2. The van der Waals surface area contributed by atoms with Crippen LogP contribution < -0.4 is 10.2 Å². The molecule has 0 aliphatic carbocycles. The average Bonchev–Trinajstić information content (AvgIpc) is 2.41. The van der Waals surface area contributed by atoms with Crippen molar-refractivity contribution < 1.29 is 0 Å². The molecular weight excluding hydrogens is 256 g/mol. The maximum absolute atomic E-state index is 4.68. The second kappa shape index (κ2) is 6.46. The lowest BCUT2D eigenvalue weighted by Gasteiger charge is -2.37. The van der Waals surface area contributed by atoms with Crippen LogP contribution in [0.4, 0.5) is 11.6 Å². The van der Waals surface area contributed by atoms with Crippen molar-refractivity contribution in [3.8, 4) is 0 Å². The number of hydrogen-bond acceptors (Lipinski definition) is 5. The summed E-state index contributed by atoms with van der Waals surface area (Å²) in [6, 6.07) is 2.65. The Bertz CT molecular complexity index is 424. The van der Waals surface area contributed by atoms with Gasteiger partial charge in [-0.3, -0.25) is 0 Å². The molecular formula is C14H24N4S. The van der Waals surface area contributed by atoms with E-state index in [-0.39, 0.29) is 0 Å². The van der Waals surface area contributed by atoms with Crippen molar-refractivity contribution in [1.29, 1.82) is 0 Å². The molecule has 19 heavy (non-hydrogen) atoms. The lowest BCUT2D eigenvalue weighted by molar-refractivity contribution is 0.387. The van der Waals surface area contributed by atoms with Gasteiger partial charge in [0, 0.05) is 25.2 Å². The topological polar surface area (TPSA) is 41.0 Å². The summed E-state index contributed by atoms with van der Waals surface area (Å²) in [7, 11) is 0. The maximum Gasteiger partial charge on any atom is 0.191 e. The van der Waals surface area contributed by atoms with Crippen LogP contribution in [0.3, 0.4) is 0 Å². The van der Waals surface area contributed by atoms with Gasteiger partial charge in [-0.15, -0.1) is 0 Å². The first-order valence-electron chi connectivity index (χ1n) is 7.07. The molecule has 0 saturated carbocycles. The molecule has 5 heteroatoms. The van der Waals surface area contributed by atoms with E-state index in [4.69, 9.17) is 0 Å². The van der Waals surface area contributed by atoms with Crippen LogP contribution in [-0.4, -0.2) is 35.4 Å². The average molecular weight is 280 g/mol. The molecule has 2 rings (SSSR count). The molecule has 1 N–H and O–H groups in total. The highest BCUT2D eigenvalue weighted by Gasteiger charge is 2.24. The molecule has 1 aromatic heterocycles. The van der Waals surface area contributed by atoms with Gasteiger partial charge in [-0.05, 0) is 38.9 Å². The van der Waals surface area contributed by atoms with E-state index < -0.39 is 0 Å². The van der Waals surface area contributed by atoms with Crippen molar-refractivity contribution in [2.24, 2.45) is 5.92 Å². The van der Waals surface area contributed by atoms with E-state index in [9.17, 15) is 0 Å². The van der Waals surface area contributed by atoms with Crippen molar-refractivity contribution in [2.45, 2.75) is 44.8 Å². The molecule has 2 heterocycles. The Morgan fingerprint density at radius 3 is 2.84 bits per heavy atom. The largest absolute Gasteiger partial charge is 0.370 e. The van der Waals surface area contributed by atoms with E-state index in [0.717, 1.165) is 35.8 Å². The van der Waals surface area contributed by atoms with Crippen LogP contribution in [0.25, 0.3) is 0 Å². The summed E-state index contributed by atoms with van der Waals surface area (Å²) < 4.78 is 0. The van der Waals surface area contributed by atoms with Gasteiger partial charge in [-0.1, -0.05) is 18.7 Å². The first kappa shape index (κ1) is 14.4. The SMILES string of the molecule is CCNc1cc(N2CC(C)CCC2C)nc(SC)n1. The van der Waals surface area contributed by atoms with E-state index in [1.165, 1.54) is 12.8 Å². The third-order valence-electron chi connectivity index (χ3n) is 3.64. The molecule has 0 bridgehead atoms. The van der Waals surface area contributed by atoms with Crippen molar-refractivity contribution in [3.05, 3.63) is 6.07 Å². The normalized spacial score (nSPS) is 23.5. The van der Waals surface area contributed by atoms with Crippen LogP contribution in [0.5, 0.6) is 0 Å². The molecule has 1 saturated heterocycles. The Kier molecular flexibility index (Phi) is 4.91. The standard InChI is InChI=1S/C14H24N4S/c1-5-15-12-8-13(17-14(16-12)19-4)18-9-10(2)6-7-11(18)3/h8,10-11H,5-7,9H2,1-4H3,(H,15,16,17). The van der Waals surface area contributed by atoms with E-state index in [0.29, 0.717) is 6.04 Å². The summed E-state index contributed by atoms with van der Waals surface area (Å²) in [5.41, 5.74) is 0. The van der Waals surface area contributed by atoms with Gasteiger partial charge in [0.25, 0.3) is 0 Å². The van der Waals surface area contributed by atoms with Gasteiger partial charge in [0.2, 0.25) is 0 Å². The molecule has 0 spiro atoms. The van der Waals surface area contributed by atoms with Gasteiger partial charge in [-0.25, -0.2) is 9.97 Å². The third-order valence-corrected chi connectivity index (χ3v) is 4.19. The number of anilines is 2. The smallest absolute Gasteiger partial charge is 0.191 e. The summed E-state index contributed by atoms with van der Waals surface area (Å²) >= 11 is 1.60. The van der Waals surface area contributed by atoms with Crippen LogP contribution in [0.1, 0.15) is 33.6 Å². The summed E-state index contributed by atoms with van der Waals surface area (Å²) in [5, 5.41) is 4.14. The quantitative estimate of drug-likeness (QED) is 0.677. The second-order valence-corrected chi connectivity index (χ2v) is 6.09. The Labute approximate surface area is 120 Å². The second-order valence-electron chi connectivity index (χ2n) is 5.31. The van der Waals surface area contributed by atoms with Crippen LogP contribution in [0.2, 0.25) is 0 Å². The summed E-state index contributed by atoms with van der Waals surface area (Å²) in [6.07, 6.45) is 4.59. The van der Waals surface area contributed by atoms with Gasteiger partial charge in [0.05, 0.1) is 0 Å². The van der Waals surface area contributed by atoms with Crippen LogP contribution in [0.15, 0.2) is 11.2 Å². The molecule has 1 aliphatic heterocycles. The predicted molar refractivity (Wildman–Crippen MR) is 83.2 cm³/mol. The van der Waals surface area contributed by atoms with Crippen molar-refractivity contribution in [2.75, 3.05) is 29.6 Å². The highest BCUT2D eigenvalue weighted by molar-refractivity contribution is 7.98. The van der Waals surface area contributed by atoms with Crippen LogP contribution in [-0.2, 0) is 0 Å². The molecule has 0 amide bonds. The molecule has 1 aliphatic rings. The van der Waals surface area contributed by atoms with E-state index >= 15 is 0 Å². The first-order valence-corrected chi connectivity index (χ1v) is 8.30. The van der Waals surface area contributed by atoms with E-state index in [1.807, 2.05) is 6.26 Å². The van der Waals surface area contributed by atoms with Crippen molar-refractivity contribution >= 4 is 23.4 Å². The van der Waals surface area contributed by atoms with Gasteiger partial charge in [0.15, 0.2) is 5.16 Å². The molecule has 0 aromatic carbocycles. The minimum Gasteiger partial charge on any atom is -0.370 e. The van der Waals surface area contributed by atoms with Gasteiger partial charge < -0.3 is 10.2 Å². The van der Waals surface area contributed by atoms with Crippen LogP contribution in [0, 0.1) is 5.92 Å². The fraction of sp³-hybridized carbons (Fsp3) is 0.714. The zero-order valence-corrected chi connectivity index (χ0v) is 13.1. The number of piperidine rings is 1. The Hall–Kier alpha value is -0.970. The van der Waals surface area contributed by atoms with Crippen molar-refractivity contribution in [1.82, 2.24) is 9.97 Å². The number of rotatable bonds is 4. The Balaban J connectivity index is 2.28. The predicted octanol–water partition coefficient (Wildman–Crippen LogP) is 3.26. The number of nitrogens with one attached hydrogen (secondary N) is 1. The molecule has 0 radical (unpaired) electrons. The molecule has 106 valence electrons. The van der Waals surface area contributed by atoms with E-state index in [2.05, 4.69) is 47.0 Å². The van der Waals surface area contributed by atoms with E-state index in [1.54, 1.807) is 11.8 Å². The zero-order chi connectivity index (χ0) is 13.8. The monoisotopic (exact) mass is 280 g/mol. The van der Waals surface area contributed by atoms with Gasteiger partial charge >= 0.3 is 0 Å². The Morgan fingerprint density at radius 1 is 1.37 bits per heavy atom. The summed E-state index contributed by atoms with van der Waals surface area (Å²) in [4.78, 5) is 11.6. The fourth-order valence-corrected chi connectivity index (χ4v) is 2.91. The molecule has 2 atom stereocenters. The lowest BCUT2D eigenvalue weighted by atomic mass is 9.95. The van der Waals surface area contributed by atoms with Gasteiger partial charge in [-0.2, -0.15) is 0 Å². The summed E-state index contributed by atoms with van der Waals surface area (Å²) in [6.45, 7) is 8.68. The highest BCUT2D eigenvalue weighted by Crippen LogP contribution is 2.28. The molecule has 4 nitrogen and oxygen atoms in total. The lowest BCUT2D eigenvalue weighted by Crippen LogP contribution is -2.41. The number of aromatic nitrogens is 2. The minimum atomic E-state index is 0.565. The molecule has 1 aromatic rings. The minimum absolute atomic E-state index is 0.565. The Morgan fingerprint density at radius 2 is 2.16 bits per heavy atom. The summed E-state index contributed by atoms with van der Waals surface area (Å²) in [5.74, 6) is 2.74. The van der Waals surface area contributed by atoms with Gasteiger partial charge in [0.1, 0.15) is 11.6 Å². The number of nitrogens with zero attached hydrogens (tertiary/aromatic N) is 3. The van der Waals surface area contributed by atoms with Crippen molar-refractivity contribution in [3.63, 3.8) is 0 Å². The maximum atomic E-state index is 4.68. The number of hydrogen-bond donors (Lipinski definition) is 1. The number of thioether (sulfide) groups is 1. The zero-order valence-electron chi connectivity index (χ0n) is 12.3. The fourth-order valence-electron chi connectivity index (χ4n) is 2.53. The first-order chi connectivity index (χ1) is 9.13. The third kappa shape index (κ3) is 3.53. The van der Waals surface area contributed by atoms with Crippen LogP contribution >= 0.6 is 11.8 Å². The molecule has 1 fully saturated rings.